The molecule has 0 amide bonds. The highest BCUT2D eigenvalue weighted by atomic mass is 31.2. The van der Waals surface area contributed by atoms with Crippen LogP contribution in [0.15, 0.2) is 176 Å². The van der Waals surface area contributed by atoms with Crippen molar-refractivity contribution in [3.8, 4) is 22.3 Å². The summed E-state index contributed by atoms with van der Waals surface area (Å²) >= 11 is 0. The van der Waals surface area contributed by atoms with Crippen molar-refractivity contribution in [1.29, 1.82) is 0 Å². The molecule has 0 radical (unpaired) electrons. The summed E-state index contributed by atoms with van der Waals surface area (Å²) in [5.74, 6) is 0. The van der Waals surface area contributed by atoms with E-state index in [1.165, 1.54) is 59.4 Å². The predicted octanol–water partition coefficient (Wildman–Crippen LogP) is 10.4. The molecule has 51 heavy (non-hydrogen) atoms. The van der Waals surface area contributed by atoms with Gasteiger partial charge in [0.05, 0.1) is 0 Å². The topological polar surface area (TPSA) is 17.1 Å². The van der Waals surface area contributed by atoms with E-state index in [0.29, 0.717) is 0 Å². The van der Waals surface area contributed by atoms with Crippen LogP contribution in [0.5, 0.6) is 0 Å². The van der Waals surface area contributed by atoms with Gasteiger partial charge in [-0.2, -0.15) is 0 Å². The van der Waals surface area contributed by atoms with Crippen LogP contribution in [0, 0.1) is 0 Å². The molecule has 242 valence electrons. The SMILES string of the molecule is C[Si]1(C)c2ccccc2P(=O)(c2ccc3ccccc3c2)c2ccc(-c3cccc(-c4ccc5c6ccccc6c6ccccc6c5c4)c3)cc21. The summed E-state index contributed by atoms with van der Waals surface area (Å²) in [6.45, 7) is 4.83. The van der Waals surface area contributed by atoms with Crippen molar-refractivity contribution in [3.05, 3.63) is 176 Å². The Morgan fingerprint density at radius 2 is 0.902 bits per heavy atom. The van der Waals surface area contributed by atoms with Gasteiger partial charge >= 0.3 is 0 Å². The van der Waals surface area contributed by atoms with Gasteiger partial charge in [-0.3, -0.25) is 0 Å². The predicted molar refractivity (Wildman–Crippen MR) is 223 cm³/mol. The van der Waals surface area contributed by atoms with E-state index in [4.69, 9.17) is 0 Å². The smallest absolute Gasteiger partial charge is 0.170 e. The highest BCUT2D eigenvalue weighted by molar-refractivity contribution is 7.87. The number of benzene rings is 9. The zero-order valence-corrected chi connectivity index (χ0v) is 30.5. The summed E-state index contributed by atoms with van der Waals surface area (Å²) in [6, 6.07) is 63.4. The van der Waals surface area contributed by atoms with E-state index in [1.807, 2.05) is 0 Å². The zero-order chi connectivity index (χ0) is 34.3. The van der Waals surface area contributed by atoms with Gasteiger partial charge in [-0.15, -0.1) is 0 Å². The molecule has 0 spiro atoms. The van der Waals surface area contributed by atoms with Crippen molar-refractivity contribution in [2.75, 3.05) is 0 Å². The van der Waals surface area contributed by atoms with Gasteiger partial charge in [0, 0.05) is 15.9 Å². The molecule has 1 nitrogen and oxygen atoms in total. The quantitative estimate of drug-likeness (QED) is 0.103. The van der Waals surface area contributed by atoms with Crippen molar-refractivity contribution < 1.29 is 4.57 Å². The van der Waals surface area contributed by atoms with E-state index >= 15 is 4.57 Å². The highest BCUT2D eigenvalue weighted by Crippen LogP contribution is 2.45. The van der Waals surface area contributed by atoms with Gasteiger partial charge in [0.2, 0.25) is 0 Å². The molecular formula is C48H35OPSi. The molecule has 0 N–H and O–H groups in total. The molecule has 0 aromatic heterocycles. The van der Waals surface area contributed by atoms with Crippen LogP contribution in [-0.2, 0) is 4.57 Å². The summed E-state index contributed by atoms with van der Waals surface area (Å²) in [5, 5.41) is 15.4. The first-order valence-electron chi connectivity index (χ1n) is 17.7. The van der Waals surface area contributed by atoms with Crippen LogP contribution in [-0.4, -0.2) is 8.07 Å². The number of hydrogen-bond acceptors (Lipinski definition) is 1. The molecule has 10 rings (SSSR count). The zero-order valence-electron chi connectivity index (χ0n) is 28.6. The number of hydrogen-bond donors (Lipinski definition) is 0. The second-order valence-electron chi connectivity index (χ2n) is 14.4. The molecule has 0 aliphatic carbocycles. The van der Waals surface area contributed by atoms with Gasteiger partial charge in [-0.05, 0) is 93.9 Å². The molecule has 0 saturated carbocycles. The van der Waals surface area contributed by atoms with E-state index in [9.17, 15) is 0 Å². The molecule has 1 aliphatic heterocycles. The molecule has 0 fully saturated rings. The molecule has 9 aromatic rings. The van der Waals surface area contributed by atoms with Crippen molar-refractivity contribution in [2.24, 2.45) is 0 Å². The lowest BCUT2D eigenvalue weighted by molar-refractivity contribution is 0.592. The maximum atomic E-state index is 15.8. The second kappa shape index (κ2) is 11.2. The Morgan fingerprint density at radius 3 is 1.63 bits per heavy atom. The molecule has 1 unspecified atom stereocenters. The Kier molecular flexibility index (Phi) is 6.68. The minimum absolute atomic E-state index is 0.908. The van der Waals surface area contributed by atoms with Crippen LogP contribution < -0.4 is 26.3 Å². The van der Waals surface area contributed by atoms with Crippen molar-refractivity contribution in [2.45, 2.75) is 13.1 Å². The van der Waals surface area contributed by atoms with Crippen LogP contribution in [0.3, 0.4) is 0 Å². The molecular weight excluding hydrogens is 652 g/mol. The van der Waals surface area contributed by atoms with Gasteiger partial charge < -0.3 is 4.57 Å². The molecule has 9 aromatic carbocycles. The fourth-order valence-corrected chi connectivity index (χ4v) is 16.9. The van der Waals surface area contributed by atoms with Gasteiger partial charge in [0.15, 0.2) is 7.14 Å². The Morgan fingerprint density at radius 1 is 0.373 bits per heavy atom. The molecule has 0 bridgehead atoms. The first-order valence-corrected chi connectivity index (χ1v) is 22.4. The monoisotopic (exact) mass is 686 g/mol. The average Bonchev–Trinajstić information content (AvgIpc) is 3.19. The lowest BCUT2D eigenvalue weighted by Gasteiger charge is -2.38. The lowest BCUT2D eigenvalue weighted by atomic mass is 9.91. The van der Waals surface area contributed by atoms with Crippen molar-refractivity contribution in [3.63, 3.8) is 0 Å². The lowest BCUT2D eigenvalue weighted by Crippen LogP contribution is -2.67. The Labute approximate surface area is 299 Å². The Bertz CT molecular complexity index is 2900. The van der Waals surface area contributed by atoms with Crippen LogP contribution in [0.1, 0.15) is 0 Å². The van der Waals surface area contributed by atoms with E-state index in [0.717, 1.165) is 32.2 Å². The normalized spacial score (nSPS) is 16.4. The fourth-order valence-electron chi connectivity index (χ4n) is 8.66. The Hall–Kier alpha value is -5.53. The summed E-state index contributed by atoms with van der Waals surface area (Å²) in [4.78, 5) is 0. The third kappa shape index (κ3) is 4.50. The molecule has 1 heterocycles. The first kappa shape index (κ1) is 30.3. The third-order valence-corrected chi connectivity index (χ3v) is 18.4. The Balaban J connectivity index is 1.13. The molecule has 3 heteroatoms. The van der Waals surface area contributed by atoms with Crippen molar-refractivity contribution >= 4 is 84.6 Å². The summed E-state index contributed by atoms with van der Waals surface area (Å²) in [7, 11) is -5.33. The van der Waals surface area contributed by atoms with Crippen LogP contribution in [0.4, 0.5) is 0 Å². The summed E-state index contributed by atoms with van der Waals surface area (Å²) < 4.78 is 15.8. The third-order valence-electron chi connectivity index (χ3n) is 11.3. The van der Waals surface area contributed by atoms with Gasteiger partial charge in [-0.1, -0.05) is 171 Å². The number of fused-ring (bicyclic) bond motifs is 9. The largest absolute Gasteiger partial charge is 0.309 e. The molecule has 1 aliphatic rings. The van der Waals surface area contributed by atoms with Crippen LogP contribution >= 0.6 is 7.14 Å². The molecule has 0 saturated heterocycles. The first-order chi connectivity index (χ1) is 24.9. The van der Waals surface area contributed by atoms with E-state index in [-0.39, 0.29) is 0 Å². The minimum Gasteiger partial charge on any atom is -0.309 e. The van der Waals surface area contributed by atoms with Gasteiger partial charge in [-0.25, -0.2) is 0 Å². The fraction of sp³-hybridized carbons (Fsp3) is 0.0417. The second-order valence-corrected chi connectivity index (χ2v) is 21.5. The highest BCUT2D eigenvalue weighted by Gasteiger charge is 2.45. The molecule has 1 atom stereocenters. The van der Waals surface area contributed by atoms with Crippen LogP contribution in [0.2, 0.25) is 13.1 Å². The summed E-state index contributed by atoms with van der Waals surface area (Å²) in [6.07, 6.45) is 0. The standard InChI is InChI=1S/C48H35OPSi/c1-51(2)47-21-10-9-20-45(47)50(49,38-25-22-32-12-3-4-13-35(32)29-38)46-27-24-37(31-48(46)51)34-15-11-14-33(28-34)36-23-26-43-41-18-6-5-16-39(41)40-17-7-8-19-42(40)44(43)30-36/h3-31H,1-2H3. The van der Waals surface area contributed by atoms with Crippen LogP contribution in [0.25, 0.3) is 65.3 Å². The van der Waals surface area contributed by atoms with Crippen molar-refractivity contribution in [1.82, 2.24) is 0 Å². The van der Waals surface area contributed by atoms with E-state index < -0.39 is 15.2 Å². The number of rotatable bonds is 3. The average molecular weight is 687 g/mol. The van der Waals surface area contributed by atoms with Gasteiger partial charge in [0.1, 0.15) is 8.07 Å². The summed E-state index contributed by atoms with van der Waals surface area (Å²) in [5.41, 5.74) is 4.72. The maximum absolute atomic E-state index is 15.8. The van der Waals surface area contributed by atoms with E-state index in [2.05, 4.69) is 189 Å². The van der Waals surface area contributed by atoms with E-state index in [1.54, 1.807) is 0 Å². The van der Waals surface area contributed by atoms with Gasteiger partial charge in [0.25, 0.3) is 0 Å². The maximum Gasteiger partial charge on any atom is 0.170 e. The minimum atomic E-state index is -3.13.